The summed E-state index contributed by atoms with van der Waals surface area (Å²) in [6, 6.07) is 11.6. The van der Waals surface area contributed by atoms with Gasteiger partial charge < -0.3 is 5.32 Å². The molecule has 0 fully saturated rings. The van der Waals surface area contributed by atoms with E-state index in [2.05, 4.69) is 31.8 Å². The number of aromatic nitrogens is 5. The van der Waals surface area contributed by atoms with Crippen LogP contribution in [0.1, 0.15) is 27.3 Å². The fraction of sp³-hybridized carbons (Fsp3) is 0.158. The van der Waals surface area contributed by atoms with E-state index in [9.17, 15) is 4.79 Å². The first-order valence-electron chi connectivity index (χ1n) is 8.28. The summed E-state index contributed by atoms with van der Waals surface area (Å²) in [5, 5.41) is 19.5. The second-order valence-corrected chi connectivity index (χ2v) is 6.31. The van der Waals surface area contributed by atoms with E-state index in [4.69, 9.17) is 0 Å². The number of rotatable bonds is 3. The number of para-hydroxylation sites is 1. The molecule has 0 saturated carbocycles. The molecule has 2 N–H and O–H groups in total. The van der Waals surface area contributed by atoms with Crippen molar-refractivity contribution >= 4 is 22.5 Å². The molecular weight excluding hydrogens is 328 g/mol. The van der Waals surface area contributed by atoms with Crippen molar-refractivity contribution in [2.75, 3.05) is 5.32 Å². The lowest BCUT2D eigenvalue weighted by Crippen LogP contribution is -2.14. The van der Waals surface area contributed by atoms with Crippen molar-refractivity contribution in [3.63, 3.8) is 0 Å². The SMILES string of the molecule is Cc1ccc(-n2nc(C)c(C(=O)Nc3cccc4cn[nH]c34)n2)c(C)c1. The number of nitrogens with one attached hydrogen (secondary N) is 2. The van der Waals surface area contributed by atoms with Crippen LogP contribution in [-0.2, 0) is 0 Å². The first-order chi connectivity index (χ1) is 12.5. The summed E-state index contributed by atoms with van der Waals surface area (Å²) in [6.07, 6.45) is 1.71. The molecule has 0 radical (unpaired) electrons. The number of amides is 1. The second-order valence-electron chi connectivity index (χ2n) is 6.31. The number of carbonyl (C=O) groups excluding carboxylic acids is 1. The van der Waals surface area contributed by atoms with Gasteiger partial charge in [0.05, 0.1) is 28.8 Å². The minimum atomic E-state index is -0.305. The van der Waals surface area contributed by atoms with Crippen LogP contribution in [0.2, 0.25) is 0 Å². The van der Waals surface area contributed by atoms with Gasteiger partial charge in [-0.25, -0.2) is 0 Å². The lowest BCUT2D eigenvalue weighted by molar-refractivity contribution is 0.102. The molecule has 1 amide bonds. The molecule has 130 valence electrons. The normalized spacial score (nSPS) is 11.0. The molecule has 7 nitrogen and oxygen atoms in total. The van der Waals surface area contributed by atoms with E-state index in [1.54, 1.807) is 13.1 Å². The Morgan fingerprint density at radius 2 is 1.96 bits per heavy atom. The summed E-state index contributed by atoms with van der Waals surface area (Å²) in [7, 11) is 0. The van der Waals surface area contributed by atoms with E-state index in [-0.39, 0.29) is 5.91 Å². The number of nitrogens with zero attached hydrogens (tertiary/aromatic N) is 4. The highest BCUT2D eigenvalue weighted by Gasteiger charge is 2.18. The minimum Gasteiger partial charge on any atom is -0.319 e. The number of anilines is 1. The van der Waals surface area contributed by atoms with E-state index in [1.165, 1.54) is 10.4 Å². The van der Waals surface area contributed by atoms with Gasteiger partial charge in [0.25, 0.3) is 5.91 Å². The predicted octanol–water partition coefficient (Wildman–Crippen LogP) is 3.32. The maximum absolute atomic E-state index is 12.7. The Morgan fingerprint density at radius 3 is 2.77 bits per heavy atom. The quantitative estimate of drug-likeness (QED) is 0.595. The number of benzene rings is 2. The third kappa shape index (κ3) is 2.73. The van der Waals surface area contributed by atoms with Gasteiger partial charge >= 0.3 is 0 Å². The average molecular weight is 346 g/mol. The molecule has 7 heteroatoms. The van der Waals surface area contributed by atoms with Crippen LogP contribution in [0.4, 0.5) is 5.69 Å². The monoisotopic (exact) mass is 346 g/mol. The Hall–Kier alpha value is -3.48. The molecule has 26 heavy (non-hydrogen) atoms. The van der Waals surface area contributed by atoms with Crippen LogP contribution in [0.25, 0.3) is 16.6 Å². The van der Waals surface area contributed by atoms with Gasteiger partial charge in [-0.2, -0.15) is 15.0 Å². The molecule has 2 aromatic heterocycles. The van der Waals surface area contributed by atoms with Crippen LogP contribution in [0.15, 0.2) is 42.6 Å². The van der Waals surface area contributed by atoms with Crippen LogP contribution in [0.5, 0.6) is 0 Å². The molecular formula is C19H18N6O. The van der Waals surface area contributed by atoms with Crippen LogP contribution in [0.3, 0.4) is 0 Å². The Labute approximate surface area is 150 Å². The highest BCUT2D eigenvalue weighted by atomic mass is 16.2. The molecule has 0 aliphatic heterocycles. The Morgan fingerprint density at radius 1 is 1.12 bits per heavy atom. The maximum atomic E-state index is 12.7. The van der Waals surface area contributed by atoms with Crippen molar-refractivity contribution in [2.45, 2.75) is 20.8 Å². The summed E-state index contributed by atoms with van der Waals surface area (Å²) >= 11 is 0. The lowest BCUT2D eigenvalue weighted by Gasteiger charge is -2.05. The van der Waals surface area contributed by atoms with Gasteiger partial charge in [-0.15, -0.1) is 5.10 Å². The number of aromatic amines is 1. The number of carbonyl (C=O) groups is 1. The van der Waals surface area contributed by atoms with E-state index in [0.717, 1.165) is 22.2 Å². The summed E-state index contributed by atoms with van der Waals surface area (Å²) in [5.74, 6) is -0.305. The number of H-pyrrole nitrogens is 1. The van der Waals surface area contributed by atoms with Crippen LogP contribution < -0.4 is 5.32 Å². The zero-order chi connectivity index (χ0) is 18.3. The molecule has 0 unspecified atom stereocenters. The number of hydrogen-bond acceptors (Lipinski definition) is 4. The third-order valence-corrected chi connectivity index (χ3v) is 4.29. The van der Waals surface area contributed by atoms with Crippen molar-refractivity contribution in [3.8, 4) is 5.69 Å². The van der Waals surface area contributed by atoms with E-state index < -0.39 is 0 Å². The van der Waals surface area contributed by atoms with Gasteiger partial charge in [-0.05, 0) is 38.5 Å². The fourth-order valence-corrected chi connectivity index (χ4v) is 2.98. The lowest BCUT2D eigenvalue weighted by atomic mass is 10.1. The van der Waals surface area contributed by atoms with E-state index >= 15 is 0 Å². The Balaban J connectivity index is 1.67. The molecule has 4 rings (SSSR count). The van der Waals surface area contributed by atoms with Crippen molar-refractivity contribution in [1.82, 2.24) is 25.2 Å². The molecule has 0 spiro atoms. The van der Waals surface area contributed by atoms with Crippen LogP contribution >= 0.6 is 0 Å². The zero-order valence-corrected chi connectivity index (χ0v) is 14.7. The van der Waals surface area contributed by atoms with Crippen LogP contribution in [0, 0.1) is 20.8 Å². The second kappa shape index (κ2) is 6.11. The van der Waals surface area contributed by atoms with Crippen molar-refractivity contribution in [1.29, 1.82) is 0 Å². The van der Waals surface area contributed by atoms with Gasteiger partial charge in [0.2, 0.25) is 0 Å². The summed E-state index contributed by atoms with van der Waals surface area (Å²) in [5.41, 5.74) is 5.37. The van der Waals surface area contributed by atoms with Crippen molar-refractivity contribution in [2.24, 2.45) is 0 Å². The van der Waals surface area contributed by atoms with Crippen LogP contribution in [-0.4, -0.2) is 31.1 Å². The smallest absolute Gasteiger partial charge is 0.278 e. The number of aryl methyl sites for hydroxylation is 3. The molecule has 0 saturated heterocycles. The van der Waals surface area contributed by atoms with Crippen molar-refractivity contribution < 1.29 is 4.79 Å². The number of fused-ring (bicyclic) bond motifs is 1. The number of hydrogen-bond donors (Lipinski definition) is 2. The maximum Gasteiger partial charge on any atom is 0.278 e. The fourth-order valence-electron chi connectivity index (χ4n) is 2.98. The van der Waals surface area contributed by atoms with Crippen molar-refractivity contribution in [3.05, 3.63) is 65.1 Å². The van der Waals surface area contributed by atoms with E-state index in [0.29, 0.717) is 17.1 Å². The molecule has 2 aromatic carbocycles. The first-order valence-corrected chi connectivity index (χ1v) is 8.28. The highest BCUT2D eigenvalue weighted by Crippen LogP contribution is 2.21. The Kier molecular flexibility index (Phi) is 3.76. The summed E-state index contributed by atoms with van der Waals surface area (Å²) in [6.45, 7) is 5.81. The average Bonchev–Trinajstić information content (AvgIpc) is 3.22. The zero-order valence-electron chi connectivity index (χ0n) is 14.7. The van der Waals surface area contributed by atoms with Gasteiger partial charge in [0.15, 0.2) is 5.69 Å². The molecule has 2 heterocycles. The van der Waals surface area contributed by atoms with Gasteiger partial charge in [-0.1, -0.05) is 29.8 Å². The Bertz CT molecular complexity index is 1120. The predicted molar refractivity (Wildman–Crippen MR) is 99.6 cm³/mol. The van der Waals surface area contributed by atoms with Gasteiger partial charge in [-0.3, -0.25) is 9.89 Å². The molecule has 0 atom stereocenters. The standard InChI is InChI=1S/C19H18N6O/c1-11-7-8-16(12(2)9-11)25-23-13(3)17(24-25)19(26)21-15-6-4-5-14-10-20-22-18(14)15/h4-10H,1-3H3,(H,20,22)(H,21,26). The molecule has 0 aliphatic rings. The largest absolute Gasteiger partial charge is 0.319 e. The third-order valence-electron chi connectivity index (χ3n) is 4.29. The summed E-state index contributed by atoms with van der Waals surface area (Å²) in [4.78, 5) is 14.2. The highest BCUT2D eigenvalue weighted by molar-refractivity contribution is 6.07. The molecule has 0 bridgehead atoms. The first kappa shape index (κ1) is 16.0. The topological polar surface area (TPSA) is 88.5 Å². The molecule has 4 aromatic rings. The molecule has 0 aliphatic carbocycles. The van der Waals surface area contributed by atoms with Gasteiger partial charge in [0, 0.05) is 5.39 Å². The van der Waals surface area contributed by atoms with Gasteiger partial charge in [0.1, 0.15) is 0 Å². The minimum absolute atomic E-state index is 0.293. The van der Waals surface area contributed by atoms with E-state index in [1.807, 2.05) is 44.2 Å². The summed E-state index contributed by atoms with van der Waals surface area (Å²) < 4.78 is 0.